The van der Waals surface area contributed by atoms with Gasteiger partial charge in [0.1, 0.15) is 22.3 Å². The molecule has 0 fully saturated rings. The van der Waals surface area contributed by atoms with Gasteiger partial charge in [-0.25, -0.2) is 4.98 Å². The minimum Gasteiger partial charge on any atom is -0.591 e. The lowest BCUT2D eigenvalue weighted by molar-refractivity contribution is 0.562. The van der Waals surface area contributed by atoms with Crippen LogP contribution in [-0.4, -0.2) is 20.5 Å². The topological polar surface area (TPSA) is 48.3 Å². The fraction of sp³-hybridized carbons (Fsp3) is 0.286. The van der Waals surface area contributed by atoms with Crippen molar-refractivity contribution in [3.05, 3.63) is 40.5 Å². The maximum Gasteiger partial charge on any atom is 0.144 e. The number of hydrogen-bond acceptors (Lipinski definition) is 3. The van der Waals surface area contributed by atoms with E-state index in [0.29, 0.717) is 5.69 Å². The summed E-state index contributed by atoms with van der Waals surface area (Å²) in [5.74, 6) is 0. The molecule has 5 heteroatoms. The van der Waals surface area contributed by atoms with Gasteiger partial charge in [-0.2, -0.15) is 0 Å². The Labute approximate surface area is 124 Å². The van der Waals surface area contributed by atoms with Crippen molar-refractivity contribution in [1.29, 1.82) is 0 Å². The van der Waals surface area contributed by atoms with E-state index in [1.807, 2.05) is 51.1 Å². The molecule has 1 aromatic heterocycles. The Morgan fingerprint density at radius 2 is 2.00 bits per heavy atom. The Bertz CT molecular complexity index is 622. The van der Waals surface area contributed by atoms with Gasteiger partial charge in [-0.15, -0.1) is 0 Å². The highest BCUT2D eigenvalue weighted by atomic mass is 79.9. The van der Waals surface area contributed by atoms with Crippen molar-refractivity contribution in [1.82, 2.24) is 4.98 Å². The van der Waals surface area contributed by atoms with E-state index < -0.39 is 11.4 Å². The summed E-state index contributed by atoms with van der Waals surface area (Å²) in [5.41, 5.74) is 1.59. The molecule has 3 nitrogen and oxygen atoms in total. The predicted molar refractivity (Wildman–Crippen MR) is 84.9 cm³/mol. The molecule has 2 aromatic rings. The lowest BCUT2D eigenvalue weighted by atomic mass is 10.2. The van der Waals surface area contributed by atoms with Gasteiger partial charge in [0.25, 0.3) is 0 Å². The Balaban J connectivity index is 2.34. The lowest BCUT2D eigenvalue weighted by Gasteiger charge is -2.17. The first kappa shape index (κ1) is 14.5. The minimum atomic E-state index is -1.26. The van der Waals surface area contributed by atoms with Crippen LogP contribution in [0.2, 0.25) is 0 Å². The van der Waals surface area contributed by atoms with Crippen LogP contribution < -0.4 is 0 Å². The van der Waals surface area contributed by atoms with Gasteiger partial charge in [0.05, 0.1) is 11.2 Å². The number of hydrogen-bond donors (Lipinski definition) is 0. The second-order valence-corrected chi connectivity index (χ2v) is 7.93. The average Bonchev–Trinajstić information content (AvgIpc) is 2.35. The van der Waals surface area contributed by atoms with Crippen molar-refractivity contribution in [2.24, 2.45) is 4.40 Å². The van der Waals surface area contributed by atoms with Crippen LogP contribution in [0, 0.1) is 0 Å². The van der Waals surface area contributed by atoms with Gasteiger partial charge in [0, 0.05) is 9.86 Å². The second-order valence-electron chi connectivity index (χ2n) is 5.14. The van der Waals surface area contributed by atoms with Crippen LogP contribution in [0.3, 0.4) is 0 Å². The zero-order chi connectivity index (χ0) is 14.0. The van der Waals surface area contributed by atoms with Crippen LogP contribution in [0.1, 0.15) is 26.5 Å². The number of halogens is 1. The zero-order valence-electron chi connectivity index (χ0n) is 11.1. The molecular weight excluding hydrogens is 324 g/mol. The Morgan fingerprint density at radius 3 is 2.68 bits per heavy atom. The highest BCUT2D eigenvalue weighted by Gasteiger charge is 2.25. The normalized spacial score (nSPS) is 14.2. The van der Waals surface area contributed by atoms with Crippen LogP contribution in [0.15, 0.2) is 39.2 Å². The minimum absolute atomic E-state index is 0.357. The van der Waals surface area contributed by atoms with Gasteiger partial charge in [0.2, 0.25) is 0 Å². The molecule has 1 unspecified atom stereocenters. The second kappa shape index (κ2) is 5.61. The molecule has 0 aliphatic carbocycles. The molecule has 0 N–H and O–H groups in total. The Hall–Kier alpha value is -0.910. The van der Waals surface area contributed by atoms with Crippen LogP contribution >= 0.6 is 15.9 Å². The van der Waals surface area contributed by atoms with Gasteiger partial charge >= 0.3 is 0 Å². The van der Waals surface area contributed by atoms with Gasteiger partial charge in [0.15, 0.2) is 0 Å². The van der Waals surface area contributed by atoms with Crippen LogP contribution in [0.5, 0.6) is 0 Å². The summed E-state index contributed by atoms with van der Waals surface area (Å²) in [6.07, 6.45) is 1.57. The highest BCUT2D eigenvalue weighted by molar-refractivity contribution is 9.10. The number of para-hydroxylation sites is 1. The standard InChI is InChI=1S/C14H15BrN2OS/c1-14(2,3)19(18)16-9-10-8-12(15)11-6-4-5-7-13(11)17-10/h4-9H,1-3H3/b16-9+. The fourth-order valence-corrected chi connectivity index (χ4v) is 2.57. The van der Waals surface area contributed by atoms with E-state index in [2.05, 4.69) is 25.3 Å². The van der Waals surface area contributed by atoms with Gasteiger partial charge in [-0.05, 0) is 32.9 Å². The van der Waals surface area contributed by atoms with E-state index >= 15 is 0 Å². The van der Waals surface area contributed by atoms with Crippen LogP contribution in [0.25, 0.3) is 10.9 Å². The summed E-state index contributed by atoms with van der Waals surface area (Å²) in [5, 5.41) is 1.05. The number of benzene rings is 1. The summed E-state index contributed by atoms with van der Waals surface area (Å²) in [7, 11) is 0. The molecule has 0 spiro atoms. The maximum absolute atomic E-state index is 11.9. The van der Waals surface area contributed by atoms with Crippen molar-refractivity contribution < 1.29 is 4.55 Å². The molecule has 0 saturated heterocycles. The molecule has 19 heavy (non-hydrogen) atoms. The zero-order valence-corrected chi connectivity index (χ0v) is 13.5. The molecule has 0 radical (unpaired) electrons. The predicted octanol–water partition coefficient (Wildman–Crippen LogP) is 3.88. The van der Waals surface area contributed by atoms with E-state index in [-0.39, 0.29) is 4.75 Å². The molecule has 1 heterocycles. The van der Waals surface area contributed by atoms with E-state index in [4.69, 9.17) is 0 Å². The smallest absolute Gasteiger partial charge is 0.144 e. The average molecular weight is 339 g/mol. The summed E-state index contributed by atoms with van der Waals surface area (Å²) < 4.78 is 16.5. The van der Waals surface area contributed by atoms with Crippen molar-refractivity contribution in [2.75, 3.05) is 0 Å². The molecule has 1 atom stereocenters. The molecule has 100 valence electrons. The van der Waals surface area contributed by atoms with E-state index in [0.717, 1.165) is 15.4 Å². The maximum atomic E-state index is 11.9. The third-order valence-electron chi connectivity index (χ3n) is 2.49. The van der Waals surface area contributed by atoms with Crippen molar-refractivity contribution in [3.8, 4) is 0 Å². The number of aromatic nitrogens is 1. The van der Waals surface area contributed by atoms with Crippen LogP contribution in [-0.2, 0) is 11.4 Å². The molecule has 2 rings (SSSR count). The SMILES string of the molecule is CC(C)(C)[S+]([O-])/N=C/c1cc(Br)c2ccccc2n1. The molecule has 0 bridgehead atoms. The van der Waals surface area contributed by atoms with Gasteiger partial charge in [-0.1, -0.05) is 38.5 Å². The van der Waals surface area contributed by atoms with Crippen molar-refractivity contribution in [2.45, 2.75) is 25.5 Å². The molecule has 0 amide bonds. The molecule has 0 aliphatic heterocycles. The highest BCUT2D eigenvalue weighted by Crippen LogP contribution is 2.23. The quantitative estimate of drug-likeness (QED) is 0.616. The lowest BCUT2D eigenvalue weighted by Crippen LogP contribution is -2.25. The number of nitrogens with zero attached hydrogens (tertiary/aromatic N) is 2. The molecule has 0 saturated carbocycles. The molecular formula is C14H15BrN2OS. The number of fused-ring (bicyclic) bond motifs is 1. The van der Waals surface area contributed by atoms with Crippen molar-refractivity contribution >= 4 is 44.4 Å². The van der Waals surface area contributed by atoms with E-state index in [1.54, 1.807) is 6.21 Å². The molecule has 0 aliphatic rings. The van der Waals surface area contributed by atoms with Gasteiger partial charge < -0.3 is 4.55 Å². The third-order valence-corrected chi connectivity index (χ3v) is 4.49. The number of pyridine rings is 1. The van der Waals surface area contributed by atoms with Crippen molar-refractivity contribution in [3.63, 3.8) is 0 Å². The first-order valence-electron chi connectivity index (χ1n) is 5.89. The summed E-state index contributed by atoms with van der Waals surface area (Å²) in [4.78, 5) is 4.48. The van der Waals surface area contributed by atoms with E-state index in [9.17, 15) is 4.55 Å². The monoisotopic (exact) mass is 338 g/mol. The van der Waals surface area contributed by atoms with Gasteiger partial charge in [-0.3, -0.25) is 0 Å². The number of rotatable bonds is 2. The first-order valence-corrected chi connectivity index (χ1v) is 7.79. The summed E-state index contributed by atoms with van der Waals surface area (Å²) in [6, 6.07) is 9.73. The Kier molecular flexibility index (Phi) is 4.28. The summed E-state index contributed by atoms with van der Waals surface area (Å²) >= 11 is 2.25. The first-order chi connectivity index (χ1) is 8.88. The summed E-state index contributed by atoms with van der Waals surface area (Å²) in [6.45, 7) is 5.68. The Morgan fingerprint density at radius 1 is 1.32 bits per heavy atom. The van der Waals surface area contributed by atoms with Crippen LogP contribution in [0.4, 0.5) is 0 Å². The molecule has 1 aromatic carbocycles. The third kappa shape index (κ3) is 3.55. The largest absolute Gasteiger partial charge is 0.591 e. The fourth-order valence-electron chi connectivity index (χ4n) is 1.48. The van der Waals surface area contributed by atoms with E-state index in [1.165, 1.54) is 0 Å².